The van der Waals surface area contributed by atoms with Gasteiger partial charge in [0.1, 0.15) is 23.9 Å². The third-order valence-electron chi connectivity index (χ3n) is 9.81. The van der Waals surface area contributed by atoms with Gasteiger partial charge in [0.15, 0.2) is 5.60 Å². The zero-order chi connectivity index (χ0) is 43.3. The molecule has 0 radical (unpaired) electrons. The van der Waals surface area contributed by atoms with Crippen LogP contribution in [-0.2, 0) is 36.8 Å². The lowest BCUT2D eigenvalue weighted by Gasteiger charge is -2.39. The fourth-order valence-electron chi connectivity index (χ4n) is 6.61. The summed E-state index contributed by atoms with van der Waals surface area (Å²) in [7, 11) is 0. The van der Waals surface area contributed by atoms with Gasteiger partial charge >= 0.3 is 0 Å². The first kappa shape index (κ1) is 47.5. The molecule has 1 fully saturated rings. The number of carbonyl (C=O) groups is 6. The minimum absolute atomic E-state index is 0.0600. The van der Waals surface area contributed by atoms with Crippen molar-refractivity contribution in [3.8, 4) is 17.2 Å². The highest BCUT2D eigenvalue weighted by Gasteiger charge is 2.43. The second-order valence-corrected chi connectivity index (χ2v) is 17.3. The highest BCUT2D eigenvalue weighted by Crippen LogP contribution is 2.43. The molecule has 320 valence electrons. The Bertz CT molecular complexity index is 1800. The Balaban J connectivity index is 0.00000215. The molecule has 0 saturated carbocycles. The number of nitrogens with one attached hydrogen (secondary N) is 4. The van der Waals surface area contributed by atoms with Crippen molar-refractivity contribution in [3.05, 3.63) is 52.1 Å². The lowest BCUT2D eigenvalue weighted by molar-refractivity contribution is -0.149. The fraction of sp³-hybridized carbons (Fsp3) is 0.571. The zero-order valence-electron chi connectivity index (χ0n) is 35.2. The van der Waals surface area contributed by atoms with Gasteiger partial charge in [-0.1, -0.05) is 58.5 Å². The highest BCUT2D eigenvalue weighted by atomic mass is 32.2. The summed E-state index contributed by atoms with van der Waals surface area (Å²) in [4.78, 5) is 76.5. The number of benzene rings is 2. The molecule has 4 rings (SSSR count). The Morgan fingerprint density at radius 1 is 0.983 bits per heavy atom. The van der Waals surface area contributed by atoms with E-state index in [9.17, 15) is 33.9 Å². The van der Waals surface area contributed by atoms with Crippen LogP contribution in [0.2, 0.25) is 0 Å². The number of ether oxygens (including phenoxy) is 2. The van der Waals surface area contributed by atoms with E-state index in [-0.39, 0.29) is 67.9 Å². The van der Waals surface area contributed by atoms with Crippen LogP contribution in [-0.4, -0.2) is 93.6 Å². The summed E-state index contributed by atoms with van der Waals surface area (Å²) < 4.78 is 12.4. The predicted octanol–water partition coefficient (Wildman–Crippen LogP) is 4.66. The Labute approximate surface area is 345 Å². The minimum Gasteiger partial charge on any atom is -0.507 e. The van der Waals surface area contributed by atoms with Crippen LogP contribution in [0, 0.1) is 38.5 Å². The summed E-state index contributed by atoms with van der Waals surface area (Å²) in [5.41, 5.74) is 4.17. The lowest BCUT2D eigenvalue weighted by Crippen LogP contribution is -2.55. The standard InChI is InChI=1S/C38H51N5O10S.C4H10/c1-21(2)17-26(19-30(44)42-51)34(47)40-20-31(45)39-13-14-43(15-16-52-27-9-7-25(8-10-27)18-29-35(48)41-37(50)54-29)36(49)38(6)12-11-28-24(5)32(46)22(3)23(4)33(28)53-38;1-4(2)3/h7-10,21,26,29,46,51H,11-20H2,1-6H3,(H,39,45)(H,40,47)(H,42,44)(H,41,48,50);4H,1-3H3/t26-,29?,38?;/m1./s1. The smallest absolute Gasteiger partial charge is 0.286 e. The molecule has 16 heteroatoms. The number of phenols is 1. The maximum atomic E-state index is 14.3. The van der Waals surface area contributed by atoms with Crippen molar-refractivity contribution in [2.75, 3.05) is 32.8 Å². The molecule has 6 N–H and O–H groups in total. The SMILES string of the molecule is CC(C)C.Cc1c(C)c2c(c(C)c1O)CCC(C)(C(=O)N(CCNC(=O)CNC(=O)[C@@H](CC(=O)NO)CC(C)C)CCOc1ccc(CC3SC(=O)NC3=O)cc1)O2. The first-order valence-corrected chi connectivity index (χ1v) is 20.6. The van der Waals surface area contributed by atoms with Crippen LogP contribution in [0.25, 0.3) is 0 Å². The van der Waals surface area contributed by atoms with E-state index in [1.165, 1.54) is 5.48 Å². The normalized spacial score (nSPS) is 17.6. The molecule has 0 aromatic heterocycles. The quantitative estimate of drug-likeness (QED) is 0.0954. The van der Waals surface area contributed by atoms with Crippen LogP contribution >= 0.6 is 11.8 Å². The van der Waals surface area contributed by atoms with E-state index in [0.29, 0.717) is 42.7 Å². The average molecular weight is 828 g/mol. The maximum Gasteiger partial charge on any atom is 0.286 e. The van der Waals surface area contributed by atoms with Gasteiger partial charge in [0, 0.05) is 37.4 Å². The predicted molar refractivity (Wildman–Crippen MR) is 221 cm³/mol. The molecular weight excluding hydrogens is 767 g/mol. The monoisotopic (exact) mass is 827 g/mol. The van der Waals surface area contributed by atoms with Crippen LogP contribution in [0.3, 0.4) is 0 Å². The summed E-state index contributed by atoms with van der Waals surface area (Å²) in [6, 6.07) is 7.13. The number of fused-ring (bicyclic) bond motifs is 1. The van der Waals surface area contributed by atoms with Crippen molar-refractivity contribution in [2.45, 2.75) is 105 Å². The van der Waals surface area contributed by atoms with Gasteiger partial charge in [-0.25, -0.2) is 5.48 Å². The molecule has 0 aliphatic carbocycles. The Morgan fingerprint density at radius 2 is 1.64 bits per heavy atom. The second-order valence-electron chi connectivity index (χ2n) is 16.1. The van der Waals surface area contributed by atoms with E-state index in [4.69, 9.17) is 14.7 Å². The summed E-state index contributed by atoms with van der Waals surface area (Å²) in [5, 5.41) is 26.3. The molecule has 6 amide bonds. The number of rotatable bonds is 17. The third kappa shape index (κ3) is 13.6. The zero-order valence-corrected chi connectivity index (χ0v) is 36.0. The number of hydroxylamine groups is 1. The molecule has 1 saturated heterocycles. The molecule has 2 aromatic rings. The molecule has 2 aromatic carbocycles. The molecule has 0 spiro atoms. The first-order chi connectivity index (χ1) is 27.3. The number of carbonyl (C=O) groups excluding carboxylic acids is 6. The molecule has 58 heavy (non-hydrogen) atoms. The lowest BCUT2D eigenvalue weighted by atomic mass is 9.86. The fourth-order valence-corrected chi connectivity index (χ4v) is 7.47. The summed E-state index contributed by atoms with van der Waals surface area (Å²) in [6.45, 7) is 17.6. The van der Waals surface area contributed by atoms with E-state index < -0.39 is 34.5 Å². The van der Waals surface area contributed by atoms with E-state index in [0.717, 1.165) is 39.9 Å². The average Bonchev–Trinajstić information content (AvgIpc) is 3.49. The molecule has 0 bridgehead atoms. The molecule has 2 heterocycles. The van der Waals surface area contributed by atoms with Gasteiger partial charge in [-0.2, -0.15) is 0 Å². The van der Waals surface area contributed by atoms with Gasteiger partial charge in [-0.05, 0) is 93.2 Å². The summed E-state index contributed by atoms with van der Waals surface area (Å²) >= 11 is 0.965. The van der Waals surface area contributed by atoms with Crippen molar-refractivity contribution in [2.24, 2.45) is 17.8 Å². The van der Waals surface area contributed by atoms with Crippen molar-refractivity contribution < 1.29 is 48.6 Å². The van der Waals surface area contributed by atoms with Crippen LogP contribution in [0.5, 0.6) is 17.2 Å². The first-order valence-electron chi connectivity index (χ1n) is 19.8. The minimum atomic E-state index is -1.24. The summed E-state index contributed by atoms with van der Waals surface area (Å²) in [5.74, 6) is -0.758. The highest BCUT2D eigenvalue weighted by molar-refractivity contribution is 8.15. The number of thioether (sulfide) groups is 1. The van der Waals surface area contributed by atoms with Crippen molar-refractivity contribution in [1.29, 1.82) is 0 Å². The number of hydrogen-bond donors (Lipinski definition) is 6. The number of imide groups is 1. The van der Waals surface area contributed by atoms with Crippen LogP contribution in [0.4, 0.5) is 4.79 Å². The van der Waals surface area contributed by atoms with Gasteiger partial charge in [0.05, 0.1) is 18.3 Å². The van der Waals surface area contributed by atoms with E-state index in [2.05, 4.69) is 36.7 Å². The van der Waals surface area contributed by atoms with Gasteiger partial charge < -0.3 is 30.1 Å². The number of nitrogens with zero attached hydrogens (tertiary/aromatic N) is 1. The van der Waals surface area contributed by atoms with E-state index in [1.54, 1.807) is 30.9 Å². The van der Waals surface area contributed by atoms with Crippen molar-refractivity contribution in [3.63, 3.8) is 0 Å². The van der Waals surface area contributed by atoms with Crippen molar-refractivity contribution in [1.82, 2.24) is 26.3 Å². The number of hydrogen-bond acceptors (Lipinski definition) is 11. The van der Waals surface area contributed by atoms with Gasteiger partial charge in [-0.3, -0.25) is 39.3 Å². The maximum absolute atomic E-state index is 14.3. The Hall–Kier alpha value is -4.83. The Morgan fingerprint density at radius 3 is 2.22 bits per heavy atom. The van der Waals surface area contributed by atoms with Crippen LogP contribution < -0.4 is 30.9 Å². The number of aromatic hydroxyl groups is 1. The second kappa shape index (κ2) is 21.8. The molecule has 2 aliphatic rings. The van der Waals surface area contributed by atoms with E-state index >= 15 is 0 Å². The van der Waals surface area contributed by atoms with Crippen LogP contribution in [0.15, 0.2) is 24.3 Å². The molecule has 2 unspecified atom stereocenters. The largest absolute Gasteiger partial charge is 0.507 e. The number of phenolic OH excluding ortho intramolecular Hbond substituents is 1. The molecule has 3 atom stereocenters. The summed E-state index contributed by atoms with van der Waals surface area (Å²) in [6.07, 6.45) is 1.41. The topological polar surface area (TPSA) is 213 Å². The molecule has 2 aliphatic heterocycles. The number of amides is 6. The molecule has 15 nitrogen and oxygen atoms in total. The Kier molecular flexibility index (Phi) is 17.9. The van der Waals surface area contributed by atoms with Gasteiger partial charge in [0.2, 0.25) is 23.6 Å². The third-order valence-corrected chi connectivity index (χ3v) is 10.8. The molecular formula is C42H61N5O10S. The van der Waals surface area contributed by atoms with Crippen molar-refractivity contribution >= 4 is 46.5 Å². The van der Waals surface area contributed by atoms with Gasteiger partial charge in [0.25, 0.3) is 11.1 Å². The van der Waals surface area contributed by atoms with Crippen LogP contribution in [0.1, 0.15) is 88.6 Å². The van der Waals surface area contributed by atoms with E-state index in [1.807, 2.05) is 39.8 Å². The van der Waals surface area contributed by atoms with Gasteiger partial charge in [-0.15, -0.1) is 0 Å².